The van der Waals surface area contributed by atoms with Gasteiger partial charge >= 0.3 is 0 Å². The molecule has 88 valence electrons. The van der Waals surface area contributed by atoms with E-state index in [1.54, 1.807) is 0 Å². The molecule has 1 nitrogen and oxygen atoms in total. The summed E-state index contributed by atoms with van der Waals surface area (Å²) in [6.45, 7) is 6.86. The molecule has 1 heteroatoms. The molecule has 0 N–H and O–H groups in total. The van der Waals surface area contributed by atoms with Crippen molar-refractivity contribution in [2.45, 2.75) is 34.6 Å². The van der Waals surface area contributed by atoms with Crippen LogP contribution in [0.3, 0.4) is 0 Å². The van der Waals surface area contributed by atoms with Crippen LogP contribution in [0.1, 0.15) is 34.6 Å². The number of hydrogen-bond acceptors (Lipinski definition) is 1. The molecule has 0 bridgehead atoms. The van der Waals surface area contributed by atoms with E-state index < -0.39 is 0 Å². The van der Waals surface area contributed by atoms with Gasteiger partial charge in [-0.1, -0.05) is 51.8 Å². The first-order valence-electron chi connectivity index (χ1n) is 5.45. The molecule has 0 fully saturated rings. The highest BCUT2D eigenvalue weighted by Crippen LogP contribution is 1.97. The summed E-state index contributed by atoms with van der Waals surface area (Å²) in [5.41, 5.74) is 8.66. The molecule has 1 atom stereocenters. The average Bonchev–Trinajstić information content (AvgIpc) is 2.26. The maximum absolute atomic E-state index is 4.19. The molecule has 1 aliphatic heterocycles. The van der Waals surface area contributed by atoms with E-state index in [0.717, 1.165) is 13.0 Å². The van der Waals surface area contributed by atoms with Crippen molar-refractivity contribution in [1.82, 2.24) is 0 Å². The van der Waals surface area contributed by atoms with Gasteiger partial charge in [0.1, 0.15) is 0 Å². The van der Waals surface area contributed by atoms with Crippen LogP contribution in [0.4, 0.5) is 0 Å². The second kappa shape index (κ2) is 13.5. The summed E-state index contributed by atoms with van der Waals surface area (Å²) in [4.78, 5) is 4.19. The Labute approximate surface area is 100 Å². The summed E-state index contributed by atoms with van der Waals surface area (Å²) in [6, 6.07) is 0. The third-order valence-corrected chi connectivity index (χ3v) is 1.60. The van der Waals surface area contributed by atoms with Crippen molar-refractivity contribution >= 4 is 6.21 Å². The molecule has 0 aromatic heterocycles. The minimum Gasteiger partial charge on any atom is -0.293 e. The van der Waals surface area contributed by atoms with Crippen LogP contribution in [0.5, 0.6) is 0 Å². The number of allylic oxidation sites excluding steroid dienone is 3. The summed E-state index contributed by atoms with van der Waals surface area (Å²) >= 11 is 0. The summed E-state index contributed by atoms with van der Waals surface area (Å²) in [5, 5.41) is 0. The maximum atomic E-state index is 4.19. The first-order valence-corrected chi connectivity index (χ1v) is 5.45. The normalized spacial score (nSPS) is 19.8. The van der Waals surface area contributed by atoms with Crippen molar-refractivity contribution in [3.8, 4) is 0 Å². The van der Waals surface area contributed by atoms with Crippen LogP contribution < -0.4 is 0 Å². The lowest BCUT2D eigenvalue weighted by Crippen LogP contribution is -1.82. The zero-order valence-corrected chi connectivity index (χ0v) is 9.83. The van der Waals surface area contributed by atoms with Gasteiger partial charge in [-0.05, 0) is 17.9 Å². The van der Waals surface area contributed by atoms with Gasteiger partial charge in [0.25, 0.3) is 0 Å². The zero-order chi connectivity index (χ0) is 11.4. The highest BCUT2D eigenvalue weighted by Gasteiger charge is 1.86. The minimum atomic E-state index is 0. The third-order valence-electron chi connectivity index (χ3n) is 1.60. The second-order valence-electron chi connectivity index (χ2n) is 2.86. The van der Waals surface area contributed by atoms with Crippen molar-refractivity contribution in [3.63, 3.8) is 0 Å². The molecule has 16 heavy (non-hydrogen) atoms. The van der Waals surface area contributed by atoms with Crippen LogP contribution in [0, 0.1) is 5.92 Å². The van der Waals surface area contributed by atoms with Crippen molar-refractivity contribution in [2.24, 2.45) is 10.9 Å². The van der Waals surface area contributed by atoms with E-state index >= 15 is 0 Å². The molecule has 1 aliphatic rings. The molecule has 1 heterocycles. The van der Waals surface area contributed by atoms with Crippen molar-refractivity contribution in [1.29, 1.82) is 0 Å². The van der Waals surface area contributed by atoms with Gasteiger partial charge < -0.3 is 0 Å². The summed E-state index contributed by atoms with van der Waals surface area (Å²) < 4.78 is 0. The van der Waals surface area contributed by atoms with Gasteiger partial charge in [-0.25, -0.2) is 0 Å². The van der Waals surface area contributed by atoms with E-state index in [0.29, 0.717) is 5.92 Å². The zero-order valence-electron chi connectivity index (χ0n) is 9.83. The summed E-state index contributed by atoms with van der Waals surface area (Å²) in [6.07, 6.45) is 10.7. The second-order valence-corrected chi connectivity index (χ2v) is 2.86. The first kappa shape index (κ1) is 16.9. The minimum absolute atomic E-state index is 0. The topological polar surface area (TPSA) is 12.4 Å². The monoisotopic (exact) mass is 217 g/mol. The van der Waals surface area contributed by atoms with Crippen molar-refractivity contribution in [3.05, 3.63) is 41.5 Å². The van der Waals surface area contributed by atoms with E-state index in [9.17, 15) is 0 Å². The smallest absolute Gasteiger partial charge is 0.0566 e. The molecule has 0 saturated carbocycles. The van der Waals surface area contributed by atoms with Crippen molar-refractivity contribution < 1.29 is 0 Å². The fourth-order valence-corrected chi connectivity index (χ4v) is 0.918. The van der Waals surface area contributed by atoms with Crippen molar-refractivity contribution in [2.75, 3.05) is 6.54 Å². The Morgan fingerprint density at radius 1 is 1.25 bits per heavy atom. The van der Waals surface area contributed by atoms with E-state index in [4.69, 9.17) is 0 Å². The number of rotatable bonds is 0. The fourth-order valence-electron chi connectivity index (χ4n) is 0.918. The third kappa shape index (κ3) is 10.6. The fraction of sp³-hybridized carbons (Fsp3) is 0.467. The van der Waals surface area contributed by atoms with Gasteiger partial charge in [-0.2, -0.15) is 0 Å². The Morgan fingerprint density at radius 3 is 2.75 bits per heavy atom. The summed E-state index contributed by atoms with van der Waals surface area (Å²) in [7, 11) is 0. The molecule has 1 rings (SSSR count). The van der Waals surface area contributed by atoms with E-state index in [1.165, 1.54) is 0 Å². The molecule has 0 aromatic carbocycles. The van der Waals surface area contributed by atoms with E-state index in [1.807, 2.05) is 32.2 Å². The molecule has 0 radical (unpaired) electrons. The van der Waals surface area contributed by atoms with E-state index in [2.05, 4.69) is 41.3 Å². The number of aliphatic imine (C=N–C) groups is 1. The molecule has 0 spiro atoms. The van der Waals surface area contributed by atoms with Gasteiger partial charge in [0, 0.05) is 18.6 Å². The van der Waals surface area contributed by atoms with Crippen LogP contribution in [0.15, 0.2) is 46.5 Å². The lowest BCUT2D eigenvalue weighted by Gasteiger charge is -1.92. The SMILES string of the molecule is C.CC.CC1C=C=C=C=CCC=NC/C=C\1. The summed E-state index contributed by atoms with van der Waals surface area (Å²) in [5.74, 6) is 0.393. The molecule has 0 aliphatic carbocycles. The number of hydrogen-bond donors (Lipinski definition) is 0. The highest BCUT2D eigenvalue weighted by molar-refractivity contribution is 5.59. The largest absolute Gasteiger partial charge is 0.293 e. The standard InChI is InChI=1S/C12H13N.C2H6.CH4/c1-12-8-5-3-2-4-6-10-13-11-7-9-12;1-2;/h4,7-10,12H,6,11H2,1H3;1-2H3;1H4/b9-7-,13-10?;;. The van der Waals surface area contributed by atoms with Crippen LogP contribution in [0.25, 0.3) is 0 Å². The maximum Gasteiger partial charge on any atom is 0.0566 e. The molecular weight excluding hydrogens is 194 g/mol. The predicted molar refractivity (Wildman–Crippen MR) is 74.0 cm³/mol. The predicted octanol–water partition coefficient (Wildman–Crippen LogP) is 4.34. The molecule has 0 saturated heterocycles. The van der Waals surface area contributed by atoms with Crippen LogP contribution in [-0.4, -0.2) is 12.8 Å². The quantitative estimate of drug-likeness (QED) is 0.423. The highest BCUT2D eigenvalue weighted by atomic mass is 14.7. The van der Waals surface area contributed by atoms with Crippen LogP contribution in [-0.2, 0) is 0 Å². The molecular formula is C15H23N. The Bertz CT molecular complexity index is 328. The Balaban J connectivity index is 0. The van der Waals surface area contributed by atoms with E-state index in [-0.39, 0.29) is 7.43 Å². The molecule has 1 unspecified atom stereocenters. The Hall–Kier alpha value is -1.51. The van der Waals surface area contributed by atoms with Gasteiger partial charge in [-0.15, -0.1) is 0 Å². The molecule has 0 aromatic rings. The first-order chi connectivity index (χ1) is 7.39. The Morgan fingerprint density at radius 2 is 2.00 bits per heavy atom. The molecule has 0 amide bonds. The Kier molecular flexibility index (Phi) is 14.3. The van der Waals surface area contributed by atoms with Gasteiger partial charge in [0.05, 0.1) is 6.54 Å². The van der Waals surface area contributed by atoms with Gasteiger partial charge in [-0.3, -0.25) is 4.99 Å². The van der Waals surface area contributed by atoms with Crippen LogP contribution in [0.2, 0.25) is 0 Å². The lowest BCUT2D eigenvalue weighted by atomic mass is 10.1. The average molecular weight is 217 g/mol. The lowest BCUT2D eigenvalue weighted by molar-refractivity contribution is 0.935. The van der Waals surface area contributed by atoms with Gasteiger partial charge in [0.15, 0.2) is 0 Å². The number of nitrogens with zero attached hydrogens (tertiary/aromatic N) is 1. The van der Waals surface area contributed by atoms with Crippen LogP contribution >= 0.6 is 0 Å². The van der Waals surface area contributed by atoms with Gasteiger partial charge in [0.2, 0.25) is 0 Å².